The number of H-pyrrole nitrogens is 2. The van der Waals surface area contributed by atoms with Gasteiger partial charge in [-0.2, -0.15) is 4.80 Å². The van der Waals surface area contributed by atoms with Crippen LogP contribution in [0.2, 0.25) is 0 Å². The Morgan fingerprint density at radius 3 is 2.83 bits per heavy atom. The summed E-state index contributed by atoms with van der Waals surface area (Å²) in [5, 5.41) is 23.1. The number of aromatic nitrogens is 7. The standard InChI is InChI=1S/C36H35F2N7O3/c37-29-13-12-24-19-28(29)36-40-21-32(41-36)25(23-7-4-6-22(18-23)11-14-34(46)47)8-2-1-3-10-33-42-44-45(43-33)17-5-9-27-26-15-16-39-31(26)20-30(38)35(27)48-24/h4,6-7,12-13,15-16,18-21,25,39H,1-3,5,8-11,14,17H2,(H,40,41)(H,46,47). The van der Waals surface area contributed by atoms with Crippen LogP contribution in [0, 0.1) is 11.6 Å². The number of hydrogen-bond donors (Lipinski definition) is 3. The lowest BCUT2D eigenvalue weighted by atomic mass is 9.89. The zero-order chi connectivity index (χ0) is 33.0. The molecule has 246 valence electrons. The lowest BCUT2D eigenvalue weighted by molar-refractivity contribution is -0.136. The van der Waals surface area contributed by atoms with E-state index in [1.54, 1.807) is 17.2 Å². The number of rotatable bonds is 4. The molecule has 1 aliphatic rings. The highest BCUT2D eigenvalue weighted by Gasteiger charge is 2.21. The van der Waals surface area contributed by atoms with Gasteiger partial charge in [-0.3, -0.25) is 4.79 Å². The van der Waals surface area contributed by atoms with Crippen LogP contribution in [0.5, 0.6) is 11.5 Å². The van der Waals surface area contributed by atoms with Crippen molar-refractivity contribution >= 4 is 16.9 Å². The molecule has 0 aliphatic carbocycles. The number of tetrazole rings is 1. The zero-order valence-electron chi connectivity index (χ0n) is 26.3. The minimum absolute atomic E-state index is 0.0447. The Morgan fingerprint density at radius 2 is 1.94 bits per heavy atom. The second kappa shape index (κ2) is 13.8. The summed E-state index contributed by atoms with van der Waals surface area (Å²) < 4.78 is 37.1. The van der Waals surface area contributed by atoms with Crippen LogP contribution >= 0.6 is 0 Å². The van der Waals surface area contributed by atoms with E-state index in [0.29, 0.717) is 55.0 Å². The number of carbonyl (C=O) groups is 1. The van der Waals surface area contributed by atoms with Crippen molar-refractivity contribution in [3.8, 4) is 22.9 Å². The lowest BCUT2D eigenvalue weighted by Crippen LogP contribution is -2.05. The molecule has 0 saturated carbocycles. The van der Waals surface area contributed by atoms with Crippen LogP contribution in [0.15, 0.2) is 67.0 Å². The van der Waals surface area contributed by atoms with Crippen molar-refractivity contribution < 1.29 is 23.4 Å². The van der Waals surface area contributed by atoms with E-state index >= 15 is 8.78 Å². The number of benzene rings is 3. The molecule has 3 aromatic heterocycles. The van der Waals surface area contributed by atoms with Gasteiger partial charge in [0.15, 0.2) is 17.4 Å². The number of carboxylic acids is 1. The number of aryl methyl sites for hydroxylation is 4. The highest BCUT2D eigenvalue weighted by atomic mass is 19.1. The van der Waals surface area contributed by atoms with Gasteiger partial charge in [-0.25, -0.2) is 13.8 Å². The van der Waals surface area contributed by atoms with E-state index in [1.807, 2.05) is 30.3 Å². The molecule has 6 aromatic rings. The summed E-state index contributed by atoms with van der Waals surface area (Å²) in [6.45, 7) is 0.503. The van der Waals surface area contributed by atoms with Crippen molar-refractivity contribution in [3.63, 3.8) is 0 Å². The van der Waals surface area contributed by atoms with Crippen LogP contribution in [0.1, 0.15) is 72.7 Å². The van der Waals surface area contributed by atoms with Crippen LogP contribution < -0.4 is 4.74 Å². The number of nitrogens with one attached hydrogen (secondary N) is 2. The third-order valence-corrected chi connectivity index (χ3v) is 8.90. The fourth-order valence-electron chi connectivity index (χ4n) is 6.49. The molecule has 1 atom stereocenters. The summed E-state index contributed by atoms with van der Waals surface area (Å²) in [5.74, 6) is -0.572. The molecular weight excluding hydrogens is 616 g/mol. The topological polar surface area (TPSA) is 135 Å². The molecule has 3 N–H and O–H groups in total. The summed E-state index contributed by atoms with van der Waals surface area (Å²) >= 11 is 0. The van der Waals surface area contributed by atoms with Crippen molar-refractivity contribution in [1.82, 2.24) is 35.2 Å². The Labute approximate surface area is 275 Å². The Bertz CT molecular complexity index is 2070. The smallest absolute Gasteiger partial charge is 0.303 e. The molecule has 0 saturated heterocycles. The quantitative estimate of drug-likeness (QED) is 0.180. The first-order valence-corrected chi connectivity index (χ1v) is 16.3. The zero-order valence-corrected chi connectivity index (χ0v) is 26.3. The average Bonchev–Trinajstić information content (AvgIpc) is 3.85. The number of aliphatic carboxylic acids is 1. The predicted molar refractivity (Wildman–Crippen MR) is 175 cm³/mol. The fourth-order valence-corrected chi connectivity index (χ4v) is 6.49. The highest BCUT2D eigenvalue weighted by molar-refractivity contribution is 5.85. The van der Waals surface area contributed by atoms with Gasteiger partial charge in [0, 0.05) is 59.4 Å². The first kappa shape index (κ1) is 31.2. The molecule has 4 heterocycles. The molecule has 48 heavy (non-hydrogen) atoms. The molecule has 0 radical (unpaired) electrons. The van der Waals surface area contributed by atoms with Gasteiger partial charge in [-0.1, -0.05) is 37.1 Å². The van der Waals surface area contributed by atoms with E-state index in [2.05, 4.69) is 30.4 Å². The summed E-state index contributed by atoms with van der Waals surface area (Å²) in [5.41, 5.74) is 4.33. The van der Waals surface area contributed by atoms with Crippen molar-refractivity contribution in [3.05, 3.63) is 107 Å². The van der Waals surface area contributed by atoms with E-state index in [9.17, 15) is 9.90 Å². The number of halogens is 2. The average molecular weight is 652 g/mol. The van der Waals surface area contributed by atoms with Crippen LogP contribution in [-0.4, -0.2) is 46.2 Å². The molecular formula is C36H35F2N7O3. The fraction of sp³-hybridized carbons (Fsp3) is 0.306. The largest absolute Gasteiger partial charge is 0.481 e. The van der Waals surface area contributed by atoms with E-state index in [1.165, 1.54) is 24.3 Å². The first-order valence-electron chi connectivity index (χ1n) is 16.3. The molecule has 0 fully saturated rings. The van der Waals surface area contributed by atoms with E-state index < -0.39 is 17.6 Å². The van der Waals surface area contributed by atoms with Gasteiger partial charge in [0.25, 0.3) is 0 Å². The lowest BCUT2D eigenvalue weighted by Gasteiger charge is -2.17. The molecule has 7 rings (SSSR count). The van der Waals surface area contributed by atoms with Crippen molar-refractivity contribution in [2.45, 2.75) is 70.3 Å². The van der Waals surface area contributed by atoms with Crippen LogP contribution in [0.25, 0.3) is 22.3 Å². The molecule has 1 unspecified atom stereocenters. The van der Waals surface area contributed by atoms with Crippen molar-refractivity contribution in [2.24, 2.45) is 0 Å². The number of imidazole rings is 1. The molecule has 6 bridgehead atoms. The number of ether oxygens (including phenoxy) is 1. The Hall–Kier alpha value is -5.39. The van der Waals surface area contributed by atoms with Gasteiger partial charge in [0.05, 0.1) is 12.1 Å². The Balaban J connectivity index is 1.26. The summed E-state index contributed by atoms with van der Waals surface area (Å²) in [4.78, 5) is 23.8. The third kappa shape index (κ3) is 6.83. The van der Waals surface area contributed by atoms with E-state index in [0.717, 1.165) is 47.9 Å². The molecule has 1 aliphatic heterocycles. The minimum atomic E-state index is -0.844. The van der Waals surface area contributed by atoms with Crippen LogP contribution in [0.4, 0.5) is 8.78 Å². The third-order valence-electron chi connectivity index (χ3n) is 8.90. The van der Waals surface area contributed by atoms with Crippen molar-refractivity contribution in [1.29, 1.82) is 0 Å². The van der Waals surface area contributed by atoms with Gasteiger partial charge < -0.3 is 19.8 Å². The number of carboxylic acid groups (broad SMARTS) is 1. The molecule has 3 aromatic carbocycles. The second-order valence-electron chi connectivity index (χ2n) is 12.2. The SMILES string of the molecule is O=C(O)CCc1cccc(C2CCCCCc3nnn(n3)CCCc3c(c(F)cc4[nH]ccc34)Oc3ccc(F)c(c3)-c3ncc2[nH]3)c1. The van der Waals surface area contributed by atoms with E-state index in [4.69, 9.17) is 4.74 Å². The van der Waals surface area contributed by atoms with Crippen LogP contribution in [0.3, 0.4) is 0 Å². The predicted octanol–water partition coefficient (Wildman–Crippen LogP) is 7.51. The summed E-state index contributed by atoms with van der Waals surface area (Å²) in [6.07, 6.45) is 9.30. The highest BCUT2D eigenvalue weighted by Crippen LogP contribution is 2.37. The Morgan fingerprint density at radius 1 is 1.02 bits per heavy atom. The van der Waals surface area contributed by atoms with Gasteiger partial charge in [-0.05, 0) is 72.7 Å². The molecule has 10 nitrogen and oxygen atoms in total. The summed E-state index contributed by atoms with van der Waals surface area (Å²) in [7, 11) is 0. The number of fused-ring (bicyclic) bond motifs is 10. The monoisotopic (exact) mass is 651 g/mol. The van der Waals surface area contributed by atoms with Gasteiger partial charge in [0.1, 0.15) is 17.4 Å². The van der Waals surface area contributed by atoms with Crippen molar-refractivity contribution in [2.75, 3.05) is 0 Å². The minimum Gasteiger partial charge on any atom is -0.481 e. The molecule has 0 amide bonds. The summed E-state index contributed by atoms with van der Waals surface area (Å²) in [6, 6.07) is 15.6. The maximum Gasteiger partial charge on any atom is 0.303 e. The molecule has 0 spiro atoms. The Kier molecular flexibility index (Phi) is 8.95. The number of aromatic amines is 2. The molecule has 12 heteroatoms. The van der Waals surface area contributed by atoms with Gasteiger partial charge in [0.2, 0.25) is 0 Å². The number of hydrogen-bond acceptors (Lipinski definition) is 6. The van der Waals surface area contributed by atoms with Gasteiger partial charge in [-0.15, -0.1) is 10.2 Å². The maximum absolute atomic E-state index is 15.6. The number of nitrogens with zero attached hydrogens (tertiary/aromatic N) is 5. The van der Waals surface area contributed by atoms with Gasteiger partial charge >= 0.3 is 5.97 Å². The second-order valence-corrected chi connectivity index (χ2v) is 12.2. The first-order chi connectivity index (χ1) is 23.4. The maximum atomic E-state index is 15.6. The van der Waals surface area contributed by atoms with E-state index in [-0.39, 0.29) is 29.4 Å². The normalized spacial score (nSPS) is 15.8. The van der Waals surface area contributed by atoms with Crippen LogP contribution in [-0.2, 0) is 30.6 Å².